The van der Waals surface area contributed by atoms with Gasteiger partial charge in [-0.25, -0.2) is 4.98 Å². The number of hydrogen-bond acceptors (Lipinski definition) is 8. The minimum absolute atomic E-state index is 0. The van der Waals surface area contributed by atoms with E-state index >= 15 is 0 Å². The second-order valence-corrected chi connectivity index (χ2v) is 7.36. The molecule has 0 saturated carbocycles. The Morgan fingerprint density at radius 2 is 1.81 bits per heavy atom. The molecule has 2 aromatic carbocycles. The summed E-state index contributed by atoms with van der Waals surface area (Å²) in [7, 11) is 3.21. The van der Waals surface area contributed by atoms with Crippen LogP contribution in [0.1, 0.15) is 6.42 Å². The van der Waals surface area contributed by atoms with Gasteiger partial charge in [0.05, 0.1) is 30.4 Å². The van der Waals surface area contributed by atoms with Crippen molar-refractivity contribution in [2.24, 2.45) is 5.73 Å². The number of fused-ring (bicyclic) bond motifs is 1. The Balaban J connectivity index is 0.00000171. The minimum Gasteiger partial charge on any atom is -0.493 e. The highest BCUT2D eigenvalue weighted by atomic mass is 35.5. The van der Waals surface area contributed by atoms with Crippen molar-refractivity contribution in [3.63, 3.8) is 0 Å². The van der Waals surface area contributed by atoms with Gasteiger partial charge in [0.25, 0.3) is 0 Å². The van der Waals surface area contributed by atoms with Crippen LogP contribution >= 0.6 is 36.4 Å². The lowest BCUT2D eigenvalue weighted by atomic mass is 10.2. The number of nitrogen functional groups attached to an aromatic ring is 1. The van der Waals surface area contributed by atoms with Gasteiger partial charge in [0, 0.05) is 36.3 Å². The van der Waals surface area contributed by atoms with Gasteiger partial charge in [-0.1, -0.05) is 11.6 Å². The van der Waals surface area contributed by atoms with Crippen LogP contribution in [-0.4, -0.2) is 43.3 Å². The Hall–Kier alpha value is -2.39. The lowest BCUT2D eigenvalue weighted by Crippen LogP contribution is -2.27. The molecule has 4 rings (SSSR count). The van der Waals surface area contributed by atoms with Crippen molar-refractivity contribution in [2.45, 2.75) is 12.5 Å². The van der Waals surface area contributed by atoms with Crippen molar-refractivity contribution in [2.75, 3.05) is 43.3 Å². The third-order valence-electron chi connectivity index (χ3n) is 4.96. The Morgan fingerprint density at radius 1 is 1.10 bits per heavy atom. The number of aromatic nitrogens is 2. The number of anilines is 4. The molecule has 2 heterocycles. The fraction of sp³-hybridized carbons (Fsp3) is 0.300. The van der Waals surface area contributed by atoms with Crippen LogP contribution in [-0.2, 0) is 0 Å². The smallest absolute Gasteiger partial charge is 0.229 e. The maximum Gasteiger partial charge on any atom is 0.229 e. The van der Waals surface area contributed by atoms with Crippen LogP contribution in [0.25, 0.3) is 10.9 Å². The number of rotatable bonds is 5. The summed E-state index contributed by atoms with van der Waals surface area (Å²) in [6.45, 7) is 1.56. The number of nitrogens with two attached hydrogens (primary N) is 2. The number of hydrogen-bond donors (Lipinski definition) is 3. The second-order valence-electron chi connectivity index (χ2n) is 6.95. The molecule has 0 amide bonds. The summed E-state index contributed by atoms with van der Waals surface area (Å²) < 4.78 is 10.9. The highest BCUT2D eigenvalue weighted by Gasteiger charge is 2.24. The first kappa shape index (κ1) is 24.9. The molecule has 168 valence electrons. The van der Waals surface area contributed by atoms with Gasteiger partial charge in [0.1, 0.15) is 5.82 Å². The summed E-state index contributed by atoms with van der Waals surface area (Å²) in [4.78, 5) is 11.6. The predicted molar refractivity (Wildman–Crippen MR) is 131 cm³/mol. The van der Waals surface area contributed by atoms with E-state index in [9.17, 15) is 0 Å². The van der Waals surface area contributed by atoms with Crippen LogP contribution in [0.3, 0.4) is 0 Å². The lowest BCUT2D eigenvalue weighted by molar-refractivity contribution is 0.356. The van der Waals surface area contributed by atoms with E-state index < -0.39 is 0 Å². The molecule has 0 unspecified atom stereocenters. The number of ether oxygens (including phenoxy) is 2. The predicted octanol–water partition coefficient (Wildman–Crippen LogP) is 4.01. The quantitative estimate of drug-likeness (QED) is 0.463. The molecular formula is C20H25Cl3N6O2. The van der Waals surface area contributed by atoms with Crippen molar-refractivity contribution < 1.29 is 9.47 Å². The van der Waals surface area contributed by atoms with Gasteiger partial charge in [0.2, 0.25) is 5.95 Å². The SMILES string of the molecule is COc1cc2nc(Nc3ccc(Cl)c(N)c3)nc(N3CC[C@H](N)C3)c2cc1OC.Cl.Cl. The summed E-state index contributed by atoms with van der Waals surface area (Å²) in [5.74, 6) is 2.47. The molecule has 1 aliphatic rings. The highest BCUT2D eigenvalue weighted by Crippen LogP contribution is 2.37. The van der Waals surface area contributed by atoms with Crippen LogP contribution in [0.2, 0.25) is 5.02 Å². The molecular weight excluding hydrogens is 463 g/mol. The van der Waals surface area contributed by atoms with Crippen LogP contribution < -0.4 is 31.2 Å². The van der Waals surface area contributed by atoms with Gasteiger partial charge >= 0.3 is 0 Å². The molecule has 0 bridgehead atoms. The Bertz CT molecular complexity index is 1070. The average molecular weight is 488 g/mol. The van der Waals surface area contributed by atoms with Crippen molar-refractivity contribution in [3.05, 3.63) is 35.4 Å². The molecule has 1 aromatic heterocycles. The standard InChI is InChI=1S/C20H23ClN6O2.2ClH/c1-28-17-8-13-16(9-18(17)29-2)25-20(24-12-3-4-14(21)15(23)7-12)26-19(13)27-6-5-11(22)10-27;;/h3-4,7-9,11H,5-6,10,22-23H2,1-2H3,(H,24,25,26);2*1H/t11-;;/m0../s1. The van der Waals surface area contributed by atoms with Crippen molar-refractivity contribution >= 4 is 70.5 Å². The fourth-order valence-electron chi connectivity index (χ4n) is 3.47. The second kappa shape index (κ2) is 10.3. The number of methoxy groups -OCH3 is 2. The molecule has 0 spiro atoms. The topological polar surface area (TPSA) is 112 Å². The van der Waals surface area contributed by atoms with E-state index in [1.807, 2.05) is 18.2 Å². The molecule has 0 radical (unpaired) electrons. The number of nitrogens with zero attached hydrogens (tertiary/aromatic N) is 3. The molecule has 0 aliphatic carbocycles. The maximum absolute atomic E-state index is 6.13. The largest absolute Gasteiger partial charge is 0.493 e. The van der Waals surface area contributed by atoms with Gasteiger partial charge in [-0.3, -0.25) is 0 Å². The first-order chi connectivity index (χ1) is 14.0. The molecule has 3 aromatic rings. The maximum atomic E-state index is 6.13. The van der Waals surface area contributed by atoms with E-state index in [1.54, 1.807) is 26.4 Å². The van der Waals surface area contributed by atoms with Crippen LogP contribution in [0.5, 0.6) is 11.5 Å². The third kappa shape index (κ3) is 5.10. The van der Waals surface area contributed by atoms with Gasteiger partial charge in [-0.05, 0) is 30.7 Å². The van der Waals surface area contributed by atoms with Crippen molar-refractivity contribution in [1.82, 2.24) is 9.97 Å². The summed E-state index contributed by atoms with van der Waals surface area (Å²) in [5.41, 5.74) is 14.0. The Kier molecular flexibility index (Phi) is 8.25. The molecule has 11 heteroatoms. The third-order valence-corrected chi connectivity index (χ3v) is 5.30. The van der Waals surface area contributed by atoms with Crippen LogP contribution in [0, 0.1) is 0 Å². The lowest BCUT2D eigenvalue weighted by Gasteiger charge is -2.21. The highest BCUT2D eigenvalue weighted by molar-refractivity contribution is 6.33. The summed E-state index contributed by atoms with van der Waals surface area (Å²) in [6, 6.07) is 9.16. The Labute approximate surface area is 198 Å². The van der Waals surface area contributed by atoms with Crippen LogP contribution in [0.15, 0.2) is 30.3 Å². The zero-order chi connectivity index (χ0) is 20.5. The summed E-state index contributed by atoms with van der Waals surface area (Å²) >= 11 is 6.02. The normalized spacial score (nSPS) is 15.2. The number of benzene rings is 2. The van der Waals surface area contributed by atoms with E-state index in [2.05, 4.69) is 15.2 Å². The van der Waals surface area contributed by atoms with Crippen LogP contribution in [0.4, 0.5) is 23.1 Å². The number of nitrogens with one attached hydrogen (secondary N) is 1. The molecule has 8 nitrogen and oxygen atoms in total. The summed E-state index contributed by atoms with van der Waals surface area (Å²) in [5, 5.41) is 4.59. The van der Waals surface area contributed by atoms with Gasteiger partial charge in [0.15, 0.2) is 11.5 Å². The van der Waals surface area contributed by atoms with E-state index in [4.69, 9.17) is 37.5 Å². The molecule has 1 atom stereocenters. The van der Waals surface area contributed by atoms with Crippen molar-refractivity contribution in [3.8, 4) is 11.5 Å². The zero-order valence-corrected chi connectivity index (χ0v) is 19.5. The van der Waals surface area contributed by atoms with Gasteiger partial charge in [-0.2, -0.15) is 4.98 Å². The molecule has 5 N–H and O–H groups in total. The summed E-state index contributed by atoms with van der Waals surface area (Å²) in [6.07, 6.45) is 0.912. The average Bonchev–Trinajstić information content (AvgIpc) is 3.15. The van der Waals surface area contributed by atoms with Crippen molar-refractivity contribution in [1.29, 1.82) is 0 Å². The monoisotopic (exact) mass is 486 g/mol. The van der Waals surface area contributed by atoms with E-state index in [-0.39, 0.29) is 30.9 Å². The molecule has 1 fully saturated rings. The zero-order valence-electron chi connectivity index (χ0n) is 17.1. The van der Waals surface area contributed by atoms with Gasteiger partial charge in [-0.15, -0.1) is 24.8 Å². The van der Waals surface area contributed by atoms with Gasteiger partial charge < -0.3 is 31.2 Å². The number of halogens is 3. The molecule has 1 saturated heterocycles. The van der Waals surface area contributed by atoms with E-state index in [0.717, 1.165) is 41.9 Å². The minimum atomic E-state index is 0. The van der Waals surface area contributed by atoms with E-state index in [1.165, 1.54) is 0 Å². The Morgan fingerprint density at radius 3 is 2.42 bits per heavy atom. The first-order valence-corrected chi connectivity index (χ1v) is 9.62. The first-order valence-electron chi connectivity index (χ1n) is 9.25. The van der Waals surface area contributed by atoms with E-state index in [0.29, 0.717) is 28.2 Å². The molecule has 31 heavy (non-hydrogen) atoms. The fourth-order valence-corrected chi connectivity index (χ4v) is 3.58. The molecule has 1 aliphatic heterocycles.